The molecule has 144 valence electrons. The van der Waals surface area contributed by atoms with Crippen LogP contribution in [-0.2, 0) is 9.47 Å². The molecular formula is C19H21N7O2. The van der Waals surface area contributed by atoms with Crippen LogP contribution in [0.4, 0.5) is 5.95 Å². The summed E-state index contributed by atoms with van der Waals surface area (Å²) in [5, 5.41) is 12.6. The quantitative estimate of drug-likeness (QED) is 0.491. The fourth-order valence-corrected chi connectivity index (χ4v) is 3.44. The van der Waals surface area contributed by atoms with Crippen molar-refractivity contribution in [3.63, 3.8) is 0 Å². The molecule has 0 aliphatic heterocycles. The third-order valence-electron chi connectivity index (χ3n) is 5.02. The van der Waals surface area contributed by atoms with E-state index in [1.165, 1.54) is 0 Å². The number of aromatic nitrogens is 6. The highest BCUT2D eigenvalue weighted by Crippen LogP contribution is 2.27. The number of fused-ring (bicyclic) bond motifs is 2. The highest BCUT2D eigenvalue weighted by Gasteiger charge is 2.30. The normalized spacial score (nSPS) is 19.2. The highest BCUT2D eigenvalue weighted by atomic mass is 16.5. The van der Waals surface area contributed by atoms with E-state index in [2.05, 4.69) is 25.5 Å². The van der Waals surface area contributed by atoms with Crippen LogP contribution in [0.2, 0.25) is 0 Å². The monoisotopic (exact) mass is 379 g/mol. The van der Waals surface area contributed by atoms with Crippen LogP contribution in [0.15, 0.2) is 43.0 Å². The number of methoxy groups -OCH3 is 1. The minimum Gasteiger partial charge on any atom is -0.382 e. The van der Waals surface area contributed by atoms with Crippen molar-refractivity contribution in [3.8, 4) is 11.3 Å². The van der Waals surface area contributed by atoms with Gasteiger partial charge in [-0.15, -0.1) is 5.10 Å². The first-order chi connectivity index (χ1) is 13.8. The molecule has 0 aromatic carbocycles. The molecule has 9 heteroatoms. The Balaban J connectivity index is 1.29. The van der Waals surface area contributed by atoms with E-state index >= 15 is 0 Å². The van der Waals surface area contributed by atoms with Crippen molar-refractivity contribution in [3.05, 3.63) is 43.0 Å². The van der Waals surface area contributed by atoms with Gasteiger partial charge in [-0.25, -0.2) is 19.0 Å². The number of hydrogen-bond donors (Lipinski definition) is 1. The van der Waals surface area contributed by atoms with Crippen molar-refractivity contribution in [2.45, 2.75) is 25.0 Å². The van der Waals surface area contributed by atoms with Crippen LogP contribution < -0.4 is 5.32 Å². The summed E-state index contributed by atoms with van der Waals surface area (Å²) in [5.41, 5.74) is 3.57. The molecule has 1 aliphatic carbocycles. The third-order valence-corrected chi connectivity index (χ3v) is 5.02. The fourth-order valence-electron chi connectivity index (χ4n) is 3.44. The maximum atomic E-state index is 5.71. The molecule has 1 aliphatic rings. The van der Waals surface area contributed by atoms with Gasteiger partial charge < -0.3 is 14.8 Å². The maximum absolute atomic E-state index is 5.71. The molecule has 0 atom stereocenters. The van der Waals surface area contributed by atoms with E-state index in [4.69, 9.17) is 9.47 Å². The van der Waals surface area contributed by atoms with E-state index in [9.17, 15) is 0 Å². The second-order valence-corrected chi connectivity index (χ2v) is 6.89. The van der Waals surface area contributed by atoms with Crippen LogP contribution in [0, 0.1) is 0 Å². The van der Waals surface area contributed by atoms with Gasteiger partial charge in [-0.3, -0.25) is 0 Å². The van der Waals surface area contributed by atoms with E-state index in [1.54, 1.807) is 17.8 Å². The molecule has 0 unspecified atom stereocenters. The molecule has 0 spiro atoms. The van der Waals surface area contributed by atoms with Gasteiger partial charge in [-0.05, 0) is 31.0 Å². The molecule has 1 N–H and O–H groups in total. The number of ether oxygens (including phenoxy) is 2. The number of imidazole rings is 1. The summed E-state index contributed by atoms with van der Waals surface area (Å²) in [4.78, 5) is 8.72. The second-order valence-electron chi connectivity index (χ2n) is 6.89. The van der Waals surface area contributed by atoms with Gasteiger partial charge in [0.25, 0.3) is 0 Å². The summed E-state index contributed by atoms with van der Waals surface area (Å²) in [6.07, 6.45) is 9.52. The summed E-state index contributed by atoms with van der Waals surface area (Å²) in [7, 11) is 1.68. The zero-order chi connectivity index (χ0) is 18.9. The highest BCUT2D eigenvalue weighted by molar-refractivity contribution is 5.78. The Bertz CT molecular complexity index is 1100. The average molecular weight is 379 g/mol. The summed E-state index contributed by atoms with van der Waals surface area (Å²) < 4.78 is 14.3. The average Bonchev–Trinajstić information content (AvgIpc) is 3.31. The summed E-state index contributed by atoms with van der Waals surface area (Å²) >= 11 is 0. The number of nitrogens with one attached hydrogen (secondary N) is 1. The predicted molar refractivity (Wildman–Crippen MR) is 103 cm³/mol. The SMILES string of the molecule is COCCO[C@H]1C[C@H](Nc2ncc3c(-c4ccc5nccn5n4)ccn3n2)C1. The van der Waals surface area contributed by atoms with Crippen LogP contribution in [0.3, 0.4) is 0 Å². The predicted octanol–water partition coefficient (Wildman–Crippen LogP) is 2.04. The van der Waals surface area contributed by atoms with E-state index in [0.29, 0.717) is 31.3 Å². The van der Waals surface area contributed by atoms with E-state index in [1.807, 2.05) is 41.3 Å². The first kappa shape index (κ1) is 17.1. The molecule has 4 aromatic rings. The number of nitrogens with zero attached hydrogens (tertiary/aromatic N) is 6. The van der Waals surface area contributed by atoms with Crippen molar-refractivity contribution in [1.82, 2.24) is 29.2 Å². The van der Waals surface area contributed by atoms with Crippen LogP contribution in [-0.4, -0.2) is 61.7 Å². The minimum atomic E-state index is 0.290. The Morgan fingerprint density at radius 1 is 1.07 bits per heavy atom. The standard InChI is InChI=1S/C19H21N7O2/c1-27-8-9-28-14-10-13(11-14)22-19-21-12-17-15(4-6-25(17)24-19)16-2-3-18-20-5-7-26(18)23-16/h2-7,12-14H,8-11H2,1H3,(H,22,24)/t13-,14-. The van der Waals surface area contributed by atoms with Gasteiger partial charge in [0.05, 0.1) is 36.7 Å². The van der Waals surface area contributed by atoms with Gasteiger partial charge >= 0.3 is 0 Å². The lowest BCUT2D eigenvalue weighted by Crippen LogP contribution is -2.41. The summed E-state index contributed by atoms with van der Waals surface area (Å²) in [5.74, 6) is 0.619. The minimum absolute atomic E-state index is 0.290. The largest absolute Gasteiger partial charge is 0.382 e. The molecule has 9 nitrogen and oxygen atoms in total. The van der Waals surface area contributed by atoms with Crippen molar-refractivity contribution in [2.24, 2.45) is 0 Å². The molecule has 0 radical (unpaired) electrons. The molecule has 5 rings (SSSR count). The van der Waals surface area contributed by atoms with E-state index in [0.717, 1.165) is 35.3 Å². The Morgan fingerprint density at radius 3 is 2.89 bits per heavy atom. The molecule has 0 saturated heterocycles. The fraction of sp³-hybridized carbons (Fsp3) is 0.368. The maximum Gasteiger partial charge on any atom is 0.241 e. The first-order valence-corrected chi connectivity index (χ1v) is 9.32. The Kier molecular flexibility index (Phi) is 4.38. The number of rotatable bonds is 7. The van der Waals surface area contributed by atoms with Gasteiger partial charge in [-0.2, -0.15) is 5.10 Å². The molecule has 4 heterocycles. The van der Waals surface area contributed by atoms with Gasteiger partial charge in [0.15, 0.2) is 5.65 Å². The van der Waals surface area contributed by atoms with Crippen molar-refractivity contribution >= 4 is 17.1 Å². The van der Waals surface area contributed by atoms with Gasteiger partial charge in [0.1, 0.15) is 0 Å². The third kappa shape index (κ3) is 3.19. The van der Waals surface area contributed by atoms with Crippen LogP contribution in [0.1, 0.15) is 12.8 Å². The molecular weight excluding hydrogens is 358 g/mol. The van der Waals surface area contributed by atoms with Gasteiger partial charge in [0, 0.05) is 37.3 Å². The molecule has 4 aromatic heterocycles. The van der Waals surface area contributed by atoms with Crippen molar-refractivity contribution in [2.75, 3.05) is 25.6 Å². The van der Waals surface area contributed by atoms with Gasteiger partial charge in [0.2, 0.25) is 5.95 Å². The second kappa shape index (κ2) is 7.17. The Labute approximate surface area is 161 Å². The van der Waals surface area contributed by atoms with E-state index < -0.39 is 0 Å². The lowest BCUT2D eigenvalue weighted by Gasteiger charge is -2.35. The summed E-state index contributed by atoms with van der Waals surface area (Å²) in [6.45, 7) is 1.27. The zero-order valence-corrected chi connectivity index (χ0v) is 15.5. The van der Waals surface area contributed by atoms with Crippen molar-refractivity contribution in [1.29, 1.82) is 0 Å². The number of hydrogen-bond acceptors (Lipinski definition) is 7. The molecule has 28 heavy (non-hydrogen) atoms. The van der Waals surface area contributed by atoms with Crippen molar-refractivity contribution < 1.29 is 9.47 Å². The molecule has 1 fully saturated rings. The summed E-state index contributed by atoms with van der Waals surface area (Å²) in [6, 6.07) is 6.25. The Morgan fingerprint density at radius 2 is 2.00 bits per heavy atom. The Hall–Kier alpha value is -3.04. The lowest BCUT2D eigenvalue weighted by molar-refractivity contribution is -0.0261. The molecule has 0 amide bonds. The number of anilines is 1. The molecule has 1 saturated carbocycles. The zero-order valence-electron chi connectivity index (χ0n) is 15.5. The lowest BCUT2D eigenvalue weighted by atomic mass is 9.89. The first-order valence-electron chi connectivity index (χ1n) is 9.32. The topological polar surface area (TPSA) is 90.9 Å². The van der Waals surface area contributed by atoms with Crippen LogP contribution in [0.25, 0.3) is 22.4 Å². The van der Waals surface area contributed by atoms with Crippen LogP contribution in [0.5, 0.6) is 0 Å². The van der Waals surface area contributed by atoms with Gasteiger partial charge in [-0.1, -0.05) is 0 Å². The van der Waals surface area contributed by atoms with Crippen LogP contribution >= 0.6 is 0 Å². The van der Waals surface area contributed by atoms with E-state index in [-0.39, 0.29) is 0 Å². The molecule has 0 bridgehead atoms. The smallest absolute Gasteiger partial charge is 0.241 e.